The van der Waals surface area contributed by atoms with E-state index in [4.69, 9.17) is 4.74 Å². The lowest BCUT2D eigenvalue weighted by Crippen LogP contribution is -2.45. The predicted octanol–water partition coefficient (Wildman–Crippen LogP) is 23.4. The van der Waals surface area contributed by atoms with Crippen molar-refractivity contribution in [3.63, 3.8) is 0 Å². The van der Waals surface area contributed by atoms with Crippen LogP contribution in [-0.4, -0.2) is 47.4 Å². The van der Waals surface area contributed by atoms with E-state index < -0.39 is 12.1 Å². The van der Waals surface area contributed by atoms with Gasteiger partial charge in [-0.3, -0.25) is 9.59 Å². The van der Waals surface area contributed by atoms with E-state index in [-0.39, 0.29) is 18.5 Å². The predicted molar refractivity (Wildman–Crippen MR) is 343 cm³/mol. The van der Waals surface area contributed by atoms with Gasteiger partial charge in [-0.25, -0.2) is 0 Å². The Bertz CT molecular complexity index is 1130. The van der Waals surface area contributed by atoms with Gasteiger partial charge >= 0.3 is 5.97 Å². The number of carbonyl (C=O) groups excluding carboxylic acids is 2. The van der Waals surface area contributed by atoms with Gasteiger partial charge in [-0.15, -0.1) is 0 Å². The lowest BCUT2D eigenvalue weighted by atomic mass is 10.0. The largest absolute Gasteiger partial charge is 0.466 e. The van der Waals surface area contributed by atoms with Gasteiger partial charge < -0.3 is 20.3 Å². The highest BCUT2D eigenvalue weighted by molar-refractivity contribution is 5.76. The van der Waals surface area contributed by atoms with Gasteiger partial charge in [0.05, 0.1) is 25.4 Å². The van der Waals surface area contributed by atoms with Gasteiger partial charge in [-0.2, -0.15) is 0 Å². The summed E-state index contributed by atoms with van der Waals surface area (Å²) in [6.07, 6.45) is 83.4. The number of amides is 1. The van der Waals surface area contributed by atoms with E-state index >= 15 is 0 Å². The molecule has 0 saturated heterocycles. The molecule has 2 atom stereocenters. The average Bonchev–Trinajstić information content (AvgIpc) is 3.44. The van der Waals surface area contributed by atoms with E-state index in [1.54, 1.807) is 0 Å². The molecule has 0 saturated carbocycles. The molecule has 0 radical (unpaired) electrons. The highest BCUT2D eigenvalue weighted by Crippen LogP contribution is 2.20. The molecule has 0 rings (SSSR count). The lowest BCUT2D eigenvalue weighted by molar-refractivity contribution is -0.143. The van der Waals surface area contributed by atoms with Crippen molar-refractivity contribution in [2.75, 3.05) is 13.2 Å². The van der Waals surface area contributed by atoms with E-state index in [1.807, 2.05) is 0 Å². The monoisotopic (exact) mass is 1100 g/mol. The number of esters is 1. The average molecular weight is 1100 g/mol. The van der Waals surface area contributed by atoms with Crippen LogP contribution in [0.1, 0.15) is 425 Å². The molecular formula is C72H143NO5. The van der Waals surface area contributed by atoms with Crippen LogP contribution in [0.4, 0.5) is 0 Å². The molecule has 466 valence electrons. The van der Waals surface area contributed by atoms with Crippen LogP contribution in [0.2, 0.25) is 0 Å². The van der Waals surface area contributed by atoms with Crippen LogP contribution < -0.4 is 5.32 Å². The fourth-order valence-electron chi connectivity index (χ4n) is 11.9. The minimum atomic E-state index is -0.657. The normalized spacial score (nSPS) is 12.4. The van der Waals surface area contributed by atoms with Crippen LogP contribution in [0.25, 0.3) is 0 Å². The van der Waals surface area contributed by atoms with Crippen LogP contribution in [0.5, 0.6) is 0 Å². The summed E-state index contributed by atoms with van der Waals surface area (Å²) in [6.45, 7) is 4.98. The van der Waals surface area contributed by atoms with Crippen molar-refractivity contribution in [3.05, 3.63) is 0 Å². The number of nitrogens with one attached hydrogen (secondary N) is 1. The Kier molecular flexibility index (Phi) is 67.4. The first-order valence-electron chi connectivity index (χ1n) is 36.3. The Labute approximate surface area is 489 Å². The number of ether oxygens (including phenoxy) is 1. The van der Waals surface area contributed by atoms with E-state index in [0.29, 0.717) is 25.9 Å². The number of aliphatic hydroxyl groups excluding tert-OH is 2. The van der Waals surface area contributed by atoms with Crippen molar-refractivity contribution < 1.29 is 24.5 Å². The van der Waals surface area contributed by atoms with Crippen molar-refractivity contribution in [2.45, 2.75) is 437 Å². The fourth-order valence-corrected chi connectivity index (χ4v) is 11.9. The molecule has 2 unspecified atom stereocenters. The Morgan fingerprint density at radius 3 is 0.782 bits per heavy atom. The second-order valence-corrected chi connectivity index (χ2v) is 25.3. The van der Waals surface area contributed by atoms with E-state index in [2.05, 4.69) is 19.2 Å². The standard InChI is InChI=1S/C72H143NO5/c1-3-5-7-9-11-13-14-15-16-36-40-43-46-50-54-58-62-66-72(77)78-67-63-59-55-51-47-44-41-38-35-33-31-29-27-25-23-21-19-17-18-20-22-24-26-28-30-32-34-37-39-42-45-49-53-57-61-65-71(76)73-69(68-74)70(75)64-60-56-52-48-12-10-8-6-4-2/h69-70,74-75H,3-68H2,1-2H3,(H,73,76). The highest BCUT2D eigenvalue weighted by Gasteiger charge is 2.20. The van der Waals surface area contributed by atoms with Crippen molar-refractivity contribution in [3.8, 4) is 0 Å². The second-order valence-electron chi connectivity index (χ2n) is 25.3. The van der Waals surface area contributed by atoms with Gasteiger partial charge in [-0.05, 0) is 25.7 Å². The maximum Gasteiger partial charge on any atom is 0.305 e. The van der Waals surface area contributed by atoms with E-state index in [1.165, 1.54) is 353 Å². The lowest BCUT2D eigenvalue weighted by Gasteiger charge is -2.22. The Morgan fingerprint density at radius 2 is 0.526 bits per heavy atom. The van der Waals surface area contributed by atoms with Gasteiger partial charge in [0.1, 0.15) is 0 Å². The van der Waals surface area contributed by atoms with Crippen LogP contribution in [0.15, 0.2) is 0 Å². The molecule has 0 fully saturated rings. The number of unbranched alkanes of at least 4 members (excludes halogenated alkanes) is 58. The molecular weight excluding hydrogens is 959 g/mol. The van der Waals surface area contributed by atoms with Crippen molar-refractivity contribution in [2.24, 2.45) is 0 Å². The van der Waals surface area contributed by atoms with Crippen LogP contribution in [0, 0.1) is 0 Å². The number of aliphatic hydroxyl groups is 2. The summed E-state index contributed by atoms with van der Waals surface area (Å²) in [4.78, 5) is 24.5. The molecule has 6 heteroatoms. The highest BCUT2D eigenvalue weighted by atomic mass is 16.5. The maximum absolute atomic E-state index is 12.4. The molecule has 0 aromatic carbocycles. The molecule has 6 nitrogen and oxygen atoms in total. The number of hydrogen-bond donors (Lipinski definition) is 3. The third-order valence-electron chi connectivity index (χ3n) is 17.4. The van der Waals surface area contributed by atoms with Gasteiger partial charge in [0, 0.05) is 12.8 Å². The zero-order chi connectivity index (χ0) is 56.4. The van der Waals surface area contributed by atoms with Gasteiger partial charge in [0.25, 0.3) is 0 Å². The first kappa shape index (κ1) is 76.9. The SMILES string of the molecule is CCCCCCCCCCCCCCCCCCCC(=O)OCCCCCCCCCCCCCCCCCCCCCCCCCCCCCCCCCCCCCC(=O)NC(CO)C(O)CCCCCCCCCCC. The molecule has 0 heterocycles. The zero-order valence-corrected chi connectivity index (χ0v) is 53.4. The Hall–Kier alpha value is -1.14. The molecule has 0 bridgehead atoms. The van der Waals surface area contributed by atoms with Crippen LogP contribution >= 0.6 is 0 Å². The van der Waals surface area contributed by atoms with Crippen LogP contribution in [-0.2, 0) is 14.3 Å². The van der Waals surface area contributed by atoms with Gasteiger partial charge in [0.2, 0.25) is 5.91 Å². The van der Waals surface area contributed by atoms with E-state index in [9.17, 15) is 19.8 Å². The first-order valence-corrected chi connectivity index (χ1v) is 36.3. The third kappa shape index (κ3) is 64.0. The second kappa shape index (κ2) is 68.4. The third-order valence-corrected chi connectivity index (χ3v) is 17.4. The van der Waals surface area contributed by atoms with Gasteiger partial charge in [-0.1, -0.05) is 386 Å². The minimum Gasteiger partial charge on any atom is -0.466 e. The van der Waals surface area contributed by atoms with E-state index in [0.717, 1.165) is 38.5 Å². The summed E-state index contributed by atoms with van der Waals surface area (Å²) in [5, 5.41) is 23.2. The van der Waals surface area contributed by atoms with Crippen molar-refractivity contribution in [1.82, 2.24) is 5.32 Å². The number of rotatable bonds is 69. The minimum absolute atomic E-state index is 0.0276. The summed E-state index contributed by atoms with van der Waals surface area (Å²) in [7, 11) is 0. The molecule has 1 amide bonds. The first-order chi connectivity index (χ1) is 38.5. The van der Waals surface area contributed by atoms with Crippen molar-refractivity contribution in [1.29, 1.82) is 0 Å². The molecule has 78 heavy (non-hydrogen) atoms. The summed E-state index contributed by atoms with van der Waals surface area (Å²) in [6, 6.07) is -0.534. The molecule has 0 spiro atoms. The van der Waals surface area contributed by atoms with Crippen LogP contribution in [0.3, 0.4) is 0 Å². The zero-order valence-electron chi connectivity index (χ0n) is 53.4. The topological polar surface area (TPSA) is 95.9 Å². The summed E-state index contributed by atoms with van der Waals surface area (Å²) in [5.74, 6) is -0.00188. The smallest absolute Gasteiger partial charge is 0.305 e. The molecule has 0 aromatic rings. The number of carbonyl (C=O) groups is 2. The molecule has 0 aromatic heterocycles. The fraction of sp³-hybridized carbons (Fsp3) is 0.972. The molecule has 0 aliphatic rings. The quantitative estimate of drug-likeness (QED) is 0.0417. The number of hydrogen-bond acceptors (Lipinski definition) is 5. The summed E-state index contributed by atoms with van der Waals surface area (Å²) in [5.41, 5.74) is 0. The Morgan fingerprint density at radius 1 is 0.308 bits per heavy atom. The summed E-state index contributed by atoms with van der Waals surface area (Å²) < 4.78 is 5.51. The molecule has 0 aliphatic heterocycles. The molecule has 0 aliphatic carbocycles. The maximum atomic E-state index is 12.4. The van der Waals surface area contributed by atoms with Gasteiger partial charge in [0.15, 0.2) is 0 Å². The summed E-state index contributed by atoms with van der Waals surface area (Å²) >= 11 is 0. The Balaban J connectivity index is 3.25. The molecule has 3 N–H and O–H groups in total. The van der Waals surface area contributed by atoms with Crippen molar-refractivity contribution >= 4 is 11.9 Å².